The van der Waals surface area contributed by atoms with Crippen molar-refractivity contribution in [1.82, 2.24) is 4.57 Å². The van der Waals surface area contributed by atoms with Crippen molar-refractivity contribution in [3.8, 4) is 11.3 Å². The highest BCUT2D eigenvalue weighted by Crippen LogP contribution is 2.33. The van der Waals surface area contributed by atoms with Gasteiger partial charge in [0.25, 0.3) is 11.2 Å². The van der Waals surface area contributed by atoms with E-state index in [1.165, 1.54) is 39.4 Å². The molecule has 9 nitrogen and oxygen atoms in total. The number of carbonyl (C=O) groups is 1. The van der Waals surface area contributed by atoms with Crippen LogP contribution in [0.4, 0.5) is 5.69 Å². The lowest BCUT2D eigenvalue weighted by Crippen LogP contribution is -2.39. The number of hydrogen-bond donors (Lipinski definition) is 0. The van der Waals surface area contributed by atoms with Gasteiger partial charge < -0.3 is 9.15 Å². The predicted molar refractivity (Wildman–Crippen MR) is 140 cm³/mol. The fourth-order valence-electron chi connectivity index (χ4n) is 4.06. The molecule has 1 aliphatic heterocycles. The average molecular weight is 534 g/mol. The molecular formula is C26H19N3O6S2. The van der Waals surface area contributed by atoms with Crippen molar-refractivity contribution in [2.45, 2.75) is 13.0 Å². The Labute approximate surface area is 217 Å². The fourth-order valence-corrected chi connectivity index (χ4v) is 5.91. The SMILES string of the molecule is C=CCOC(=O)C1=C(C)N=c2s/c(=C\c3ccc(-c4ccccc4[N+](=O)[O-])o3)c(=O)n2C1c1cccs1. The first kappa shape index (κ1) is 24.3. The molecule has 1 aliphatic rings. The number of carbonyl (C=O) groups excluding carboxylic acids is 1. The van der Waals surface area contributed by atoms with Gasteiger partial charge in [0.05, 0.1) is 26.3 Å². The second kappa shape index (κ2) is 9.96. The predicted octanol–water partition coefficient (Wildman–Crippen LogP) is 4.19. The van der Waals surface area contributed by atoms with Crippen LogP contribution in [0.25, 0.3) is 17.4 Å². The minimum Gasteiger partial charge on any atom is -0.458 e. The van der Waals surface area contributed by atoms with Crippen molar-refractivity contribution in [3.63, 3.8) is 0 Å². The van der Waals surface area contributed by atoms with Crippen molar-refractivity contribution >= 4 is 40.4 Å². The molecule has 0 amide bonds. The number of fused-ring (bicyclic) bond motifs is 1. The number of thiophene rings is 1. The molecule has 3 aromatic heterocycles. The first-order valence-electron chi connectivity index (χ1n) is 11.1. The molecule has 0 N–H and O–H groups in total. The van der Waals surface area contributed by atoms with Crippen molar-refractivity contribution in [1.29, 1.82) is 0 Å². The van der Waals surface area contributed by atoms with Crippen LogP contribution in [0.1, 0.15) is 23.6 Å². The van der Waals surface area contributed by atoms with Gasteiger partial charge in [-0.15, -0.1) is 11.3 Å². The zero-order valence-electron chi connectivity index (χ0n) is 19.5. The third kappa shape index (κ3) is 4.50. The number of allylic oxidation sites excluding steroid dienone is 1. The van der Waals surface area contributed by atoms with Gasteiger partial charge in [0.1, 0.15) is 24.2 Å². The summed E-state index contributed by atoms with van der Waals surface area (Å²) in [6, 6.07) is 12.6. The van der Waals surface area contributed by atoms with Crippen LogP contribution in [0.2, 0.25) is 0 Å². The quantitative estimate of drug-likeness (QED) is 0.152. The minimum atomic E-state index is -0.685. The number of rotatable bonds is 7. The Morgan fingerprint density at radius 1 is 1.27 bits per heavy atom. The maximum Gasteiger partial charge on any atom is 0.338 e. The molecule has 1 atom stereocenters. The number of nitro benzene ring substituents is 1. The van der Waals surface area contributed by atoms with Crippen LogP contribution in [-0.4, -0.2) is 22.1 Å². The van der Waals surface area contributed by atoms with Crippen LogP contribution in [0.15, 0.2) is 92.0 Å². The van der Waals surface area contributed by atoms with E-state index in [9.17, 15) is 19.7 Å². The highest BCUT2D eigenvalue weighted by atomic mass is 32.1. The monoisotopic (exact) mass is 533 g/mol. The van der Waals surface area contributed by atoms with Gasteiger partial charge in [-0.2, -0.15) is 0 Å². The third-order valence-electron chi connectivity index (χ3n) is 5.65. The Morgan fingerprint density at radius 2 is 2.08 bits per heavy atom. The van der Waals surface area contributed by atoms with E-state index >= 15 is 0 Å². The number of thiazole rings is 1. The van der Waals surface area contributed by atoms with Crippen molar-refractivity contribution < 1.29 is 18.9 Å². The van der Waals surface area contributed by atoms with Crippen LogP contribution in [0.5, 0.6) is 0 Å². The summed E-state index contributed by atoms with van der Waals surface area (Å²) in [6.07, 6.45) is 3.05. The van der Waals surface area contributed by atoms with Crippen LogP contribution in [-0.2, 0) is 9.53 Å². The number of ether oxygens (including phenoxy) is 1. The molecule has 0 bridgehead atoms. The number of aromatic nitrogens is 1. The second-order valence-electron chi connectivity index (χ2n) is 7.96. The largest absolute Gasteiger partial charge is 0.458 e. The standard InChI is InChI=1S/C26H19N3O6S2/c1-3-12-34-25(31)22-15(2)27-26-28(23(22)20-9-6-13-36-20)24(30)21(37-26)14-16-10-11-19(35-16)17-7-4-5-8-18(17)29(32)33/h3-11,13-14,23H,1,12H2,2H3/b21-14-. The van der Waals surface area contributed by atoms with E-state index in [4.69, 9.17) is 9.15 Å². The molecule has 0 fully saturated rings. The number of nitrogens with zero attached hydrogens (tertiary/aromatic N) is 3. The Kier molecular flexibility index (Phi) is 6.55. The lowest BCUT2D eigenvalue weighted by molar-refractivity contribution is -0.384. The van der Waals surface area contributed by atoms with Gasteiger partial charge in [-0.25, -0.2) is 9.79 Å². The normalized spacial score (nSPS) is 15.3. The molecule has 0 saturated heterocycles. The van der Waals surface area contributed by atoms with Gasteiger partial charge in [-0.3, -0.25) is 19.5 Å². The first-order valence-corrected chi connectivity index (χ1v) is 12.8. The van der Waals surface area contributed by atoms with Gasteiger partial charge in [0.2, 0.25) is 0 Å². The Morgan fingerprint density at radius 3 is 2.81 bits per heavy atom. The van der Waals surface area contributed by atoms with Gasteiger partial charge in [-0.05, 0) is 36.6 Å². The van der Waals surface area contributed by atoms with Gasteiger partial charge in [0, 0.05) is 17.0 Å². The average Bonchev–Trinajstić information content (AvgIpc) is 3.64. The Hall–Kier alpha value is -4.35. The third-order valence-corrected chi connectivity index (χ3v) is 7.56. The number of hydrogen-bond acceptors (Lipinski definition) is 9. The summed E-state index contributed by atoms with van der Waals surface area (Å²) in [5.41, 5.74) is 0.679. The summed E-state index contributed by atoms with van der Waals surface area (Å²) in [5, 5.41) is 13.3. The highest BCUT2D eigenvalue weighted by molar-refractivity contribution is 7.10. The van der Waals surface area contributed by atoms with Crippen LogP contribution in [0.3, 0.4) is 0 Å². The van der Waals surface area contributed by atoms with Crippen LogP contribution in [0, 0.1) is 10.1 Å². The second-order valence-corrected chi connectivity index (χ2v) is 9.95. The number of benzene rings is 1. The van der Waals surface area contributed by atoms with Crippen molar-refractivity contribution in [2.75, 3.05) is 6.61 Å². The summed E-state index contributed by atoms with van der Waals surface area (Å²) in [4.78, 5) is 43.2. The minimum absolute atomic E-state index is 0.0393. The zero-order valence-corrected chi connectivity index (χ0v) is 21.1. The van der Waals surface area contributed by atoms with E-state index in [2.05, 4.69) is 11.6 Å². The van der Waals surface area contributed by atoms with Crippen molar-refractivity contribution in [2.24, 2.45) is 4.99 Å². The van der Waals surface area contributed by atoms with E-state index in [0.717, 1.165) is 4.88 Å². The molecule has 1 unspecified atom stereocenters. The topological polar surface area (TPSA) is 117 Å². The lowest BCUT2D eigenvalue weighted by atomic mass is 10.0. The summed E-state index contributed by atoms with van der Waals surface area (Å²) < 4.78 is 13.0. The maximum atomic E-state index is 13.6. The van der Waals surface area contributed by atoms with Gasteiger partial charge >= 0.3 is 5.97 Å². The number of furan rings is 1. The van der Waals surface area contributed by atoms with E-state index in [0.29, 0.717) is 37.7 Å². The first-order chi connectivity index (χ1) is 17.9. The maximum absolute atomic E-state index is 13.6. The molecule has 4 aromatic rings. The smallest absolute Gasteiger partial charge is 0.338 e. The van der Waals surface area contributed by atoms with E-state index in [-0.39, 0.29) is 17.9 Å². The molecular weight excluding hydrogens is 514 g/mol. The molecule has 0 saturated carbocycles. The molecule has 4 heterocycles. The molecule has 0 radical (unpaired) electrons. The fraction of sp³-hybridized carbons (Fsp3) is 0.115. The highest BCUT2D eigenvalue weighted by Gasteiger charge is 2.34. The van der Waals surface area contributed by atoms with E-state index < -0.39 is 16.9 Å². The summed E-state index contributed by atoms with van der Waals surface area (Å²) in [7, 11) is 0. The van der Waals surface area contributed by atoms with Crippen molar-refractivity contribution in [3.05, 3.63) is 118 Å². The molecule has 0 spiro atoms. The Balaban J connectivity index is 1.61. The molecule has 1 aromatic carbocycles. The van der Waals surface area contributed by atoms with Gasteiger partial charge in [-0.1, -0.05) is 42.2 Å². The number of esters is 1. The van der Waals surface area contributed by atoms with Crippen LogP contribution >= 0.6 is 22.7 Å². The molecule has 186 valence electrons. The van der Waals surface area contributed by atoms with E-state index in [1.54, 1.807) is 43.3 Å². The zero-order chi connectivity index (χ0) is 26.1. The summed E-state index contributed by atoms with van der Waals surface area (Å²) >= 11 is 2.59. The molecule has 37 heavy (non-hydrogen) atoms. The number of para-hydroxylation sites is 1. The van der Waals surface area contributed by atoms with Gasteiger partial charge in [0.15, 0.2) is 4.80 Å². The molecule has 0 aliphatic carbocycles. The Bertz CT molecular complexity index is 1740. The molecule has 5 rings (SSSR count). The number of nitro groups is 1. The molecule has 11 heteroatoms. The summed E-state index contributed by atoms with van der Waals surface area (Å²) in [6.45, 7) is 5.33. The van der Waals surface area contributed by atoms with E-state index in [1.807, 2.05) is 17.5 Å². The van der Waals surface area contributed by atoms with Crippen LogP contribution < -0.4 is 14.9 Å². The lowest BCUT2D eigenvalue weighted by Gasteiger charge is -2.23. The summed E-state index contributed by atoms with van der Waals surface area (Å²) in [5.74, 6) is 0.104.